The van der Waals surface area contributed by atoms with Crippen molar-refractivity contribution in [3.8, 4) is 0 Å². The van der Waals surface area contributed by atoms with Crippen LogP contribution in [0.1, 0.15) is 28.7 Å². The molecule has 1 heterocycles. The molecule has 2 amide bonds. The summed E-state index contributed by atoms with van der Waals surface area (Å²) in [6.07, 6.45) is 0.0881. The maximum absolute atomic E-state index is 12.4. The third-order valence-corrected chi connectivity index (χ3v) is 4.95. The van der Waals surface area contributed by atoms with Crippen LogP contribution >= 0.6 is 0 Å². The number of rotatable bonds is 5. The van der Waals surface area contributed by atoms with Gasteiger partial charge in [0.25, 0.3) is 5.91 Å². The summed E-state index contributed by atoms with van der Waals surface area (Å²) in [7, 11) is 0. The molecule has 0 bridgehead atoms. The van der Waals surface area contributed by atoms with Crippen LogP contribution in [0.25, 0.3) is 0 Å². The van der Waals surface area contributed by atoms with Crippen molar-refractivity contribution in [2.75, 3.05) is 23.4 Å². The third kappa shape index (κ3) is 5.02. The summed E-state index contributed by atoms with van der Waals surface area (Å²) < 4.78 is 5.17. The fourth-order valence-corrected chi connectivity index (χ4v) is 3.70. The molecule has 3 rings (SSSR count). The lowest BCUT2D eigenvalue weighted by molar-refractivity contribution is -0.151. The first-order valence-electron chi connectivity index (χ1n) is 9.65. The minimum Gasteiger partial charge on any atom is -0.455 e. The number of nitrogens with zero attached hydrogens (tertiary/aromatic N) is 1. The predicted molar refractivity (Wildman–Crippen MR) is 112 cm³/mol. The van der Waals surface area contributed by atoms with Crippen LogP contribution in [0.5, 0.6) is 0 Å². The Labute approximate surface area is 170 Å². The van der Waals surface area contributed by atoms with Crippen LogP contribution in [0.4, 0.5) is 11.4 Å². The fraction of sp³-hybridized carbons (Fsp3) is 0.348. The summed E-state index contributed by atoms with van der Waals surface area (Å²) in [4.78, 5) is 38.5. The smallest absolute Gasteiger partial charge is 0.311 e. The van der Waals surface area contributed by atoms with Gasteiger partial charge in [-0.3, -0.25) is 14.4 Å². The van der Waals surface area contributed by atoms with Crippen LogP contribution in [0.3, 0.4) is 0 Å². The summed E-state index contributed by atoms with van der Waals surface area (Å²) in [6.45, 7) is 7.72. The van der Waals surface area contributed by atoms with Gasteiger partial charge in [0, 0.05) is 24.3 Å². The summed E-state index contributed by atoms with van der Waals surface area (Å²) in [5.41, 5.74) is 5.65. The first-order valence-corrected chi connectivity index (χ1v) is 9.65. The van der Waals surface area contributed by atoms with Gasteiger partial charge in [-0.05, 0) is 62.6 Å². The van der Waals surface area contributed by atoms with Crippen LogP contribution in [-0.4, -0.2) is 30.9 Å². The first kappa shape index (κ1) is 20.6. The molecule has 1 fully saturated rings. The molecule has 0 spiro atoms. The van der Waals surface area contributed by atoms with Crippen LogP contribution in [0.15, 0.2) is 36.4 Å². The number of aryl methyl sites for hydroxylation is 4. The van der Waals surface area contributed by atoms with E-state index in [0.29, 0.717) is 5.69 Å². The molecule has 6 nitrogen and oxygen atoms in total. The van der Waals surface area contributed by atoms with Crippen molar-refractivity contribution in [3.63, 3.8) is 0 Å². The van der Waals surface area contributed by atoms with E-state index in [1.54, 1.807) is 4.90 Å². The number of anilines is 2. The Morgan fingerprint density at radius 2 is 1.72 bits per heavy atom. The largest absolute Gasteiger partial charge is 0.455 e. The van der Waals surface area contributed by atoms with Gasteiger partial charge < -0.3 is 15.0 Å². The van der Waals surface area contributed by atoms with Crippen LogP contribution in [0.2, 0.25) is 0 Å². The second-order valence-electron chi connectivity index (χ2n) is 7.73. The molecule has 1 saturated heterocycles. The van der Waals surface area contributed by atoms with Crippen molar-refractivity contribution >= 4 is 29.2 Å². The molecule has 0 unspecified atom stereocenters. The number of hydrogen-bond donors (Lipinski definition) is 1. The van der Waals surface area contributed by atoms with Gasteiger partial charge in [0.2, 0.25) is 5.91 Å². The van der Waals surface area contributed by atoms with Crippen LogP contribution < -0.4 is 10.2 Å². The lowest BCUT2D eigenvalue weighted by atomic mass is 10.1. The Hall–Kier alpha value is -3.15. The van der Waals surface area contributed by atoms with Crippen molar-refractivity contribution in [2.24, 2.45) is 5.92 Å². The average Bonchev–Trinajstić information content (AvgIpc) is 3.00. The molecular formula is C23H26N2O4. The van der Waals surface area contributed by atoms with Crippen LogP contribution in [-0.2, 0) is 19.1 Å². The molecule has 29 heavy (non-hydrogen) atoms. The molecule has 1 atom stereocenters. The van der Waals surface area contributed by atoms with E-state index in [1.807, 2.05) is 64.1 Å². The zero-order chi connectivity index (χ0) is 21.1. The normalized spacial score (nSPS) is 16.1. The Bertz CT molecular complexity index is 947. The zero-order valence-corrected chi connectivity index (χ0v) is 17.2. The summed E-state index contributed by atoms with van der Waals surface area (Å²) in [6, 6.07) is 11.6. The predicted octanol–water partition coefficient (Wildman–Crippen LogP) is 3.46. The van der Waals surface area contributed by atoms with Crippen molar-refractivity contribution in [1.29, 1.82) is 0 Å². The van der Waals surface area contributed by atoms with E-state index in [4.69, 9.17) is 4.74 Å². The van der Waals surface area contributed by atoms with Gasteiger partial charge in [-0.25, -0.2) is 0 Å². The maximum atomic E-state index is 12.4. The minimum absolute atomic E-state index is 0.0881. The Morgan fingerprint density at radius 3 is 2.38 bits per heavy atom. The average molecular weight is 394 g/mol. The van der Waals surface area contributed by atoms with Gasteiger partial charge >= 0.3 is 5.97 Å². The summed E-state index contributed by atoms with van der Waals surface area (Å²) in [5, 5.41) is 2.73. The molecule has 0 aromatic heterocycles. The van der Waals surface area contributed by atoms with Gasteiger partial charge in [-0.1, -0.05) is 23.8 Å². The number of hydrogen-bond acceptors (Lipinski definition) is 4. The summed E-state index contributed by atoms with van der Waals surface area (Å²) in [5.74, 6) is -1.61. The number of esters is 1. The van der Waals surface area contributed by atoms with E-state index in [2.05, 4.69) is 5.32 Å². The fourth-order valence-electron chi connectivity index (χ4n) is 3.70. The molecule has 0 saturated carbocycles. The zero-order valence-electron chi connectivity index (χ0n) is 17.2. The van der Waals surface area contributed by atoms with E-state index in [-0.39, 0.29) is 25.5 Å². The molecule has 2 aromatic rings. The van der Waals surface area contributed by atoms with Gasteiger partial charge in [-0.2, -0.15) is 0 Å². The number of carbonyl (C=O) groups is 3. The highest BCUT2D eigenvalue weighted by atomic mass is 16.5. The third-order valence-electron chi connectivity index (χ3n) is 4.95. The van der Waals surface area contributed by atoms with Crippen molar-refractivity contribution in [2.45, 2.75) is 34.1 Å². The second kappa shape index (κ2) is 8.47. The van der Waals surface area contributed by atoms with Gasteiger partial charge in [0.1, 0.15) is 0 Å². The quantitative estimate of drug-likeness (QED) is 0.788. The van der Waals surface area contributed by atoms with Crippen molar-refractivity contribution in [3.05, 3.63) is 58.7 Å². The van der Waals surface area contributed by atoms with E-state index in [0.717, 1.165) is 27.9 Å². The summed E-state index contributed by atoms with van der Waals surface area (Å²) >= 11 is 0. The molecule has 0 radical (unpaired) electrons. The standard InChI is InChI=1S/C23H26N2O4/c1-14-5-6-20(17(4)8-14)25-12-18(11-22(25)27)23(28)29-13-21(26)24-19-9-15(2)7-16(3)10-19/h5-10,18H,11-13H2,1-4H3,(H,24,26)/t18-/m0/s1. The molecular weight excluding hydrogens is 368 g/mol. The van der Waals surface area contributed by atoms with Crippen molar-refractivity contribution in [1.82, 2.24) is 0 Å². The number of ether oxygens (including phenoxy) is 1. The SMILES string of the molecule is Cc1cc(C)cc(NC(=O)COC(=O)[C@H]2CC(=O)N(c3ccc(C)cc3C)C2)c1. The molecule has 0 aliphatic carbocycles. The van der Waals surface area contributed by atoms with E-state index in [1.165, 1.54) is 0 Å². The van der Waals surface area contributed by atoms with Crippen molar-refractivity contribution < 1.29 is 19.1 Å². The van der Waals surface area contributed by atoms with E-state index < -0.39 is 17.8 Å². The monoisotopic (exact) mass is 394 g/mol. The van der Waals surface area contributed by atoms with Gasteiger partial charge in [0.05, 0.1) is 5.92 Å². The van der Waals surface area contributed by atoms with E-state index in [9.17, 15) is 14.4 Å². The highest BCUT2D eigenvalue weighted by molar-refractivity contribution is 6.00. The lowest BCUT2D eigenvalue weighted by Crippen LogP contribution is -2.28. The maximum Gasteiger partial charge on any atom is 0.311 e. The Morgan fingerprint density at radius 1 is 1.03 bits per heavy atom. The van der Waals surface area contributed by atoms with Crippen LogP contribution in [0, 0.1) is 33.6 Å². The highest BCUT2D eigenvalue weighted by Gasteiger charge is 2.36. The number of nitrogens with one attached hydrogen (secondary N) is 1. The molecule has 152 valence electrons. The number of amides is 2. The highest BCUT2D eigenvalue weighted by Crippen LogP contribution is 2.29. The second-order valence-corrected chi connectivity index (χ2v) is 7.73. The Balaban J connectivity index is 1.56. The van der Waals surface area contributed by atoms with Gasteiger partial charge in [0.15, 0.2) is 6.61 Å². The van der Waals surface area contributed by atoms with E-state index >= 15 is 0 Å². The Kier molecular flexibility index (Phi) is 6.01. The van der Waals surface area contributed by atoms with Gasteiger partial charge in [-0.15, -0.1) is 0 Å². The molecule has 1 aliphatic rings. The first-order chi connectivity index (χ1) is 13.7. The molecule has 2 aromatic carbocycles. The molecule has 1 aliphatic heterocycles. The lowest BCUT2D eigenvalue weighted by Gasteiger charge is -2.19. The molecule has 6 heteroatoms. The topological polar surface area (TPSA) is 75.7 Å². The number of carbonyl (C=O) groups excluding carboxylic acids is 3. The number of benzene rings is 2. The molecule has 1 N–H and O–H groups in total. The minimum atomic E-state index is -0.572.